The van der Waals surface area contributed by atoms with Gasteiger partial charge in [0.2, 0.25) is 0 Å². The fraction of sp³-hybridized carbons (Fsp3) is 0.500. The van der Waals surface area contributed by atoms with Gasteiger partial charge in [-0.2, -0.15) is 0 Å². The molecule has 20 heavy (non-hydrogen) atoms. The summed E-state index contributed by atoms with van der Waals surface area (Å²) in [5.74, 6) is 0. The molecule has 1 heterocycles. The van der Waals surface area contributed by atoms with Gasteiger partial charge in [-0.05, 0) is 29.2 Å². The molecule has 1 saturated heterocycles. The molecule has 0 unspecified atom stereocenters. The van der Waals surface area contributed by atoms with E-state index in [1.165, 1.54) is 11.8 Å². The Morgan fingerprint density at radius 1 is 1.20 bits per heavy atom. The summed E-state index contributed by atoms with van der Waals surface area (Å²) < 4.78 is 5.40. The summed E-state index contributed by atoms with van der Waals surface area (Å²) in [4.78, 5) is 17.0. The van der Waals surface area contributed by atoms with E-state index in [2.05, 4.69) is 36.7 Å². The van der Waals surface area contributed by atoms with Gasteiger partial charge in [0, 0.05) is 18.8 Å². The lowest BCUT2D eigenvalue weighted by Crippen LogP contribution is -2.36. The number of benzene rings is 1. The summed E-state index contributed by atoms with van der Waals surface area (Å²) >= 11 is 0. The van der Waals surface area contributed by atoms with Gasteiger partial charge >= 0.3 is 0 Å². The highest BCUT2D eigenvalue weighted by Gasteiger charge is 2.18. The van der Waals surface area contributed by atoms with Crippen molar-refractivity contribution in [2.24, 2.45) is 4.99 Å². The second-order valence-corrected chi connectivity index (χ2v) is 6.00. The first-order chi connectivity index (χ1) is 9.50. The maximum absolute atomic E-state index is 10.5. The molecule has 0 bridgehead atoms. The summed E-state index contributed by atoms with van der Waals surface area (Å²) in [5, 5.41) is 0. The number of morpholine rings is 1. The molecule has 0 spiro atoms. The molecule has 108 valence electrons. The lowest BCUT2D eigenvalue weighted by molar-refractivity contribution is -0.102. The lowest BCUT2D eigenvalue weighted by Gasteiger charge is -2.30. The van der Waals surface area contributed by atoms with E-state index in [0.29, 0.717) is 6.29 Å². The standard InChI is InChI=1S/C16H22N2O2/c1-16(2,3)13-10-14(17-4-7-19)12-15(11-13)18-5-8-20-9-6-18/h4,7,10-12H,5-6,8-9H2,1-3H3. The van der Waals surface area contributed by atoms with E-state index in [9.17, 15) is 4.79 Å². The number of anilines is 1. The normalized spacial score (nSPS) is 16.6. The molecule has 1 aromatic carbocycles. The molecule has 0 radical (unpaired) electrons. The van der Waals surface area contributed by atoms with Gasteiger partial charge in [0.25, 0.3) is 0 Å². The van der Waals surface area contributed by atoms with Gasteiger partial charge in [-0.25, -0.2) is 0 Å². The van der Waals surface area contributed by atoms with E-state index < -0.39 is 0 Å². The summed E-state index contributed by atoms with van der Waals surface area (Å²) in [5.41, 5.74) is 3.25. The zero-order valence-corrected chi connectivity index (χ0v) is 12.4. The molecule has 0 saturated carbocycles. The van der Waals surface area contributed by atoms with E-state index in [0.717, 1.165) is 37.7 Å². The molecule has 1 aliphatic rings. The zero-order valence-electron chi connectivity index (χ0n) is 12.4. The molecule has 0 aliphatic carbocycles. The zero-order chi connectivity index (χ0) is 14.6. The molecule has 1 aromatic rings. The number of nitrogens with zero attached hydrogens (tertiary/aromatic N) is 2. The molecule has 2 rings (SSSR count). The minimum absolute atomic E-state index is 0.0494. The first kappa shape index (κ1) is 14.7. The van der Waals surface area contributed by atoms with Gasteiger partial charge in [-0.3, -0.25) is 9.79 Å². The predicted octanol–water partition coefficient (Wildman–Crippen LogP) is 2.72. The Kier molecular flexibility index (Phi) is 4.55. The SMILES string of the molecule is CC(C)(C)c1cc(N=CC=O)cc(N2CCOCC2)c1. The summed E-state index contributed by atoms with van der Waals surface area (Å²) in [7, 11) is 0. The van der Waals surface area contributed by atoms with Gasteiger partial charge in [-0.1, -0.05) is 20.8 Å². The van der Waals surface area contributed by atoms with E-state index in [1.54, 1.807) is 0 Å². The van der Waals surface area contributed by atoms with Crippen molar-refractivity contribution in [3.8, 4) is 0 Å². The molecule has 1 fully saturated rings. The van der Waals surface area contributed by atoms with Crippen molar-refractivity contribution >= 4 is 23.9 Å². The summed E-state index contributed by atoms with van der Waals surface area (Å²) in [6.07, 6.45) is 2.00. The third kappa shape index (κ3) is 3.67. The minimum Gasteiger partial charge on any atom is -0.378 e. The maximum Gasteiger partial charge on any atom is 0.161 e. The minimum atomic E-state index is 0.0494. The number of carbonyl (C=O) groups excluding carboxylic acids is 1. The third-order valence-corrected chi connectivity index (χ3v) is 3.43. The van der Waals surface area contributed by atoms with Crippen LogP contribution < -0.4 is 4.90 Å². The van der Waals surface area contributed by atoms with Crippen LogP contribution in [0.2, 0.25) is 0 Å². The van der Waals surface area contributed by atoms with Gasteiger partial charge in [-0.15, -0.1) is 0 Å². The van der Waals surface area contributed by atoms with Crippen LogP contribution in [0.25, 0.3) is 0 Å². The van der Waals surface area contributed by atoms with E-state index in [-0.39, 0.29) is 5.41 Å². The molecule has 4 nitrogen and oxygen atoms in total. The Hall–Kier alpha value is -1.68. The van der Waals surface area contributed by atoms with Crippen LogP contribution in [0.4, 0.5) is 11.4 Å². The number of hydrogen-bond acceptors (Lipinski definition) is 4. The Bertz CT molecular complexity index is 498. The van der Waals surface area contributed by atoms with Crippen molar-refractivity contribution in [3.05, 3.63) is 23.8 Å². The molecule has 0 N–H and O–H groups in total. The van der Waals surface area contributed by atoms with Crippen LogP contribution in [0.5, 0.6) is 0 Å². The molecule has 0 atom stereocenters. The number of rotatable bonds is 3. The summed E-state index contributed by atoms with van der Waals surface area (Å²) in [6, 6.07) is 6.29. The average Bonchev–Trinajstić information content (AvgIpc) is 2.45. The van der Waals surface area contributed by atoms with Gasteiger partial charge in [0.15, 0.2) is 6.29 Å². The Morgan fingerprint density at radius 3 is 2.50 bits per heavy atom. The van der Waals surface area contributed by atoms with Gasteiger partial charge in [0.1, 0.15) is 0 Å². The molecular formula is C16H22N2O2. The number of carbonyl (C=O) groups is 1. The fourth-order valence-corrected chi connectivity index (χ4v) is 2.22. The second kappa shape index (κ2) is 6.18. The Labute approximate surface area is 120 Å². The third-order valence-electron chi connectivity index (χ3n) is 3.43. The van der Waals surface area contributed by atoms with E-state index in [1.807, 2.05) is 12.1 Å². The molecule has 0 aromatic heterocycles. The largest absolute Gasteiger partial charge is 0.378 e. The van der Waals surface area contributed by atoms with Crippen molar-refractivity contribution in [2.45, 2.75) is 26.2 Å². The number of aldehydes is 1. The molecule has 1 aliphatic heterocycles. The van der Waals surface area contributed by atoms with Crippen molar-refractivity contribution in [1.29, 1.82) is 0 Å². The van der Waals surface area contributed by atoms with Gasteiger partial charge < -0.3 is 9.64 Å². The van der Waals surface area contributed by atoms with Crippen LogP contribution in [-0.4, -0.2) is 38.8 Å². The van der Waals surface area contributed by atoms with Crippen molar-refractivity contribution in [1.82, 2.24) is 0 Å². The first-order valence-electron chi connectivity index (χ1n) is 6.97. The highest BCUT2D eigenvalue weighted by atomic mass is 16.5. The van der Waals surface area contributed by atoms with Crippen LogP contribution in [0.15, 0.2) is 23.2 Å². The Morgan fingerprint density at radius 2 is 1.90 bits per heavy atom. The smallest absolute Gasteiger partial charge is 0.161 e. The van der Waals surface area contributed by atoms with Crippen LogP contribution in [0, 0.1) is 0 Å². The number of ether oxygens (including phenoxy) is 1. The Balaban J connectivity index is 2.39. The van der Waals surface area contributed by atoms with Crippen LogP contribution in [0.3, 0.4) is 0 Å². The predicted molar refractivity (Wildman–Crippen MR) is 82.4 cm³/mol. The maximum atomic E-state index is 10.5. The molecule has 4 heteroatoms. The van der Waals surface area contributed by atoms with Crippen molar-refractivity contribution in [2.75, 3.05) is 31.2 Å². The van der Waals surface area contributed by atoms with Crippen LogP contribution >= 0.6 is 0 Å². The highest BCUT2D eigenvalue weighted by Crippen LogP contribution is 2.31. The average molecular weight is 274 g/mol. The van der Waals surface area contributed by atoms with Crippen LogP contribution in [0.1, 0.15) is 26.3 Å². The second-order valence-electron chi connectivity index (χ2n) is 6.00. The topological polar surface area (TPSA) is 41.9 Å². The highest BCUT2D eigenvalue weighted by molar-refractivity contribution is 6.13. The lowest BCUT2D eigenvalue weighted by atomic mass is 9.86. The first-order valence-corrected chi connectivity index (χ1v) is 6.97. The van der Waals surface area contributed by atoms with Crippen molar-refractivity contribution < 1.29 is 9.53 Å². The van der Waals surface area contributed by atoms with E-state index >= 15 is 0 Å². The molecular weight excluding hydrogens is 252 g/mol. The van der Waals surface area contributed by atoms with E-state index in [4.69, 9.17) is 4.74 Å². The van der Waals surface area contributed by atoms with Crippen LogP contribution in [-0.2, 0) is 14.9 Å². The summed E-state index contributed by atoms with van der Waals surface area (Å²) in [6.45, 7) is 9.84. The molecule has 0 amide bonds. The quantitative estimate of drug-likeness (QED) is 0.628. The number of hydrogen-bond donors (Lipinski definition) is 0. The monoisotopic (exact) mass is 274 g/mol. The van der Waals surface area contributed by atoms with Gasteiger partial charge in [0.05, 0.1) is 25.1 Å². The number of aliphatic imine (C=N–C) groups is 1. The van der Waals surface area contributed by atoms with Crippen molar-refractivity contribution in [3.63, 3.8) is 0 Å². The fourth-order valence-electron chi connectivity index (χ4n) is 2.22.